The van der Waals surface area contributed by atoms with E-state index in [0.29, 0.717) is 0 Å². The molecule has 0 saturated heterocycles. The number of nitrogens with two attached hydrogens (primary N) is 1. The molecule has 2 N–H and O–H groups in total. The normalized spacial score (nSPS) is 13.6. The summed E-state index contributed by atoms with van der Waals surface area (Å²) in [5.41, 5.74) is 4.81. The lowest BCUT2D eigenvalue weighted by atomic mass is 10.1. The van der Waals surface area contributed by atoms with Gasteiger partial charge in [0.15, 0.2) is 5.82 Å². The van der Waals surface area contributed by atoms with Gasteiger partial charge in [0.05, 0.1) is 6.04 Å². The number of nitrogens with zero attached hydrogens (tertiary/aromatic N) is 2. The van der Waals surface area contributed by atoms with Crippen LogP contribution >= 0.6 is 0 Å². The largest absolute Gasteiger partial charge is 0.471 e. The molecule has 0 aliphatic rings. The molecule has 0 radical (unpaired) electrons. The van der Waals surface area contributed by atoms with Gasteiger partial charge in [-0.2, -0.15) is 18.2 Å². The van der Waals surface area contributed by atoms with Crippen molar-refractivity contribution in [1.29, 1.82) is 0 Å². The van der Waals surface area contributed by atoms with E-state index in [1.54, 1.807) is 0 Å². The van der Waals surface area contributed by atoms with Gasteiger partial charge in [-0.05, 0) is 12.1 Å². The average Bonchev–Trinajstić information content (AvgIpc) is 2.77. The van der Waals surface area contributed by atoms with Crippen LogP contribution in [0.1, 0.15) is 23.3 Å². The maximum Gasteiger partial charge on any atom is 0.471 e. The third kappa shape index (κ3) is 2.55. The van der Waals surface area contributed by atoms with Gasteiger partial charge in [0.25, 0.3) is 0 Å². The molecule has 0 fully saturated rings. The Bertz CT molecular complexity index is 575. The maximum absolute atomic E-state index is 13.4. The van der Waals surface area contributed by atoms with Crippen molar-refractivity contribution < 1.29 is 26.5 Å². The van der Waals surface area contributed by atoms with E-state index in [0.717, 1.165) is 18.2 Å². The highest BCUT2D eigenvalue weighted by molar-refractivity contribution is 5.27. The number of hydrogen-bond donors (Lipinski definition) is 1. The van der Waals surface area contributed by atoms with E-state index < -0.39 is 41.1 Å². The standard InChI is InChI=1S/C10H6F5N3O/c11-4-2-1-3-5(12)6(4)7(16)8-17-9(19-18-8)10(13,14)15/h1-3,7H,16H2. The van der Waals surface area contributed by atoms with E-state index >= 15 is 0 Å². The van der Waals surface area contributed by atoms with Gasteiger partial charge in [-0.15, -0.1) is 0 Å². The van der Waals surface area contributed by atoms with Gasteiger partial charge in [0, 0.05) is 5.56 Å². The zero-order valence-electron chi connectivity index (χ0n) is 9.08. The van der Waals surface area contributed by atoms with Gasteiger partial charge in [-0.1, -0.05) is 11.2 Å². The number of rotatable bonds is 2. The molecular weight excluding hydrogens is 273 g/mol. The molecule has 0 aliphatic carbocycles. The lowest BCUT2D eigenvalue weighted by molar-refractivity contribution is -0.159. The smallest absolute Gasteiger partial charge is 0.329 e. The number of benzene rings is 1. The maximum atomic E-state index is 13.4. The molecule has 9 heteroatoms. The van der Waals surface area contributed by atoms with E-state index in [1.165, 1.54) is 0 Å². The van der Waals surface area contributed by atoms with Crippen molar-refractivity contribution in [2.75, 3.05) is 0 Å². The van der Waals surface area contributed by atoms with Crippen molar-refractivity contribution in [1.82, 2.24) is 10.1 Å². The number of halogens is 5. The summed E-state index contributed by atoms with van der Waals surface area (Å²) in [5.74, 6) is -4.30. The fourth-order valence-electron chi connectivity index (χ4n) is 1.41. The first-order chi connectivity index (χ1) is 8.80. The summed E-state index contributed by atoms with van der Waals surface area (Å²) in [5, 5.41) is 2.98. The summed E-state index contributed by atoms with van der Waals surface area (Å²) in [4.78, 5) is 2.98. The first-order valence-electron chi connectivity index (χ1n) is 4.91. The molecule has 102 valence electrons. The highest BCUT2D eigenvalue weighted by Gasteiger charge is 2.39. The summed E-state index contributed by atoms with van der Waals surface area (Å²) in [6.07, 6.45) is -4.85. The monoisotopic (exact) mass is 279 g/mol. The lowest BCUT2D eigenvalue weighted by Gasteiger charge is -2.09. The lowest BCUT2D eigenvalue weighted by Crippen LogP contribution is -2.17. The molecule has 1 aromatic heterocycles. The molecular formula is C10H6F5N3O. The molecule has 1 atom stereocenters. The van der Waals surface area contributed by atoms with Gasteiger partial charge in [-0.25, -0.2) is 8.78 Å². The van der Waals surface area contributed by atoms with E-state index in [-0.39, 0.29) is 0 Å². The molecule has 1 aromatic carbocycles. The molecule has 0 aliphatic heterocycles. The second-order valence-electron chi connectivity index (χ2n) is 3.57. The van der Waals surface area contributed by atoms with Gasteiger partial charge in [-0.3, -0.25) is 0 Å². The Morgan fingerprint density at radius 2 is 1.74 bits per heavy atom. The van der Waals surface area contributed by atoms with Gasteiger partial charge in [0.2, 0.25) is 0 Å². The minimum atomic E-state index is -4.85. The predicted octanol–water partition coefficient (Wildman–Crippen LogP) is 2.41. The van der Waals surface area contributed by atoms with Crippen LogP contribution in [0.2, 0.25) is 0 Å². The SMILES string of the molecule is NC(c1noc(C(F)(F)F)n1)c1c(F)cccc1F. The highest BCUT2D eigenvalue weighted by Crippen LogP contribution is 2.29. The first kappa shape index (κ1) is 13.4. The minimum Gasteiger partial charge on any atom is -0.329 e. The number of aromatic nitrogens is 2. The Balaban J connectivity index is 2.40. The van der Waals surface area contributed by atoms with Crippen molar-refractivity contribution in [3.05, 3.63) is 47.1 Å². The quantitative estimate of drug-likeness (QED) is 0.857. The van der Waals surface area contributed by atoms with Crippen LogP contribution in [0.3, 0.4) is 0 Å². The third-order valence-corrected chi connectivity index (χ3v) is 2.27. The van der Waals surface area contributed by atoms with Crippen LogP contribution < -0.4 is 5.73 Å². The second kappa shape index (κ2) is 4.57. The van der Waals surface area contributed by atoms with E-state index in [2.05, 4.69) is 14.7 Å². The minimum absolute atomic E-state index is 0.628. The summed E-state index contributed by atoms with van der Waals surface area (Å²) in [6.45, 7) is 0. The third-order valence-electron chi connectivity index (χ3n) is 2.27. The molecule has 2 aromatic rings. The summed E-state index contributed by atoms with van der Waals surface area (Å²) in [7, 11) is 0. The average molecular weight is 279 g/mol. The fourth-order valence-corrected chi connectivity index (χ4v) is 1.41. The van der Waals surface area contributed by atoms with Crippen molar-refractivity contribution in [2.24, 2.45) is 5.73 Å². The molecule has 0 amide bonds. The molecule has 0 bridgehead atoms. The molecule has 0 saturated carbocycles. The molecule has 4 nitrogen and oxygen atoms in total. The number of hydrogen-bond acceptors (Lipinski definition) is 4. The van der Waals surface area contributed by atoms with E-state index in [1.807, 2.05) is 0 Å². The highest BCUT2D eigenvalue weighted by atomic mass is 19.4. The number of alkyl halides is 3. The Labute approximate surface area is 103 Å². The Morgan fingerprint density at radius 1 is 1.16 bits per heavy atom. The van der Waals surface area contributed by atoms with Crippen LogP contribution in [-0.2, 0) is 6.18 Å². The fraction of sp³-hybridized carbons (Fsp3) is 0.200. The van der Waals surface area contributed by atoms with E-state index in [4.69, 9.17) is 5.73 Å². The van der Waals surface area contributed by atoms with Crippen molar-refractivity contribution in [2.45, 2.75) is 12.2 Å². The summed E-state index contributed by atoms with van der Waals surface area (Å²) < 4.78 is 67.5. The van der Waals surface area contributed by atoms with Crippen molar-refractivity contribution in [3.63, 3.8) is 0 Å². The Hall–Kier alpha value is -2.03. The van der Waals surface area contributed by atoms with Crippen LogP contribution in [0.4, 0.5) is 22.0 Å². The van der Waals surface area contributed by atoms with Gasteiger partial charge >= 0.3 is 12.1 Å². The van der Waals surface area contributed by atoms with Crippen LogP contribution in [0.15, 0.2) is 22.7 Å². The van der Waals surface area contributed by atoms with Crippen LogP contribution in [0, 0.1) is 11.6 Å². The molecule has 2 rings (SSSR count). The van der Waals surface area contributed by atoms with Crippen molar-refractivity contribution >= 4 is 0 Å². The zero-order valence-corrected chi connectivity index (χ0v) is 9.08. The Kier molecular flexibility index (Phi) is 3.23. The predicted molar refractivity (Wildman–Crippen MR) is 51.7 cm³/mol. The second-order valence-corrected chi connectivity index (χ2v) is 3.57. The van der Waals surface area contributed by atoms with Crippen LogP contribution in [0.25, 0.3) is 0 Å². The van der Waals surface area contributed by atoms with Gasteiger partial charge < -0.3 is 10.3 Å². The van der Waals surface area contributed by atoms with Crippen LogP contribution in [-0.4, -0.2) is 10.1 Å². The van der Waals surface area contributed by atoms with Crippen molar-refractivity contribution in [3.8, 4) is 0 Å². The van der Waals surface area contributed by atoms with E-state index in [9.17, 15) is 22.0 Å². The first-order valence-corrected chi connectivity index (χ1v) is 4.91. The molecule has 1 unspecified atom stereocenters. The molecule has 19 heavy (non-hydrogen) atoms. The zero-order chi connectivity index (χ0) is 14.2. The summed E-state index contributed by atoms with van der Waals surface area (Å²) >= 11 is 0. The van der Waals surface area contributed by atoms with Gasteiger partial charge in [0.1, 0.15) is 11.6 Å². The van der Waals surface area contributed by atoms with Crippen LogP contribution in [0.5, 0.6) is 0 Å². The Morgan fingerprint density at radius 3 is 2.21 bits per heavy atom. The molecule has 1 heterocycles. The molecule has 0 spiro atoms. The topological polar surface area (TPSA) is 64.9 Å². The summed E-state index contributed by atoms with van der Waals surface area (Å²) in [6, 6.07) is 1.34.